The van der Waals surface area contributed by atoms with Gasteiger partial charge in [0.2, 0.25) is 0 Å². The smallest absolute Gasteiger partial charge is 0.262 e. The lowest BCUT2D eigenvalue weighted by atomic mass is 10.1. The van der Waals surface area contributed by atoms with Crippen molar-refractivity contribution < 1.29 is 14.3 Å². The molecule has 4 nitrogen and oxygen atoms in total. The molecule has 30 heavy (non-hydrogen) atoms. The van der Waals surface area contributed by atoms with Crippen LogP contribution in [-0.4, -0.2) is 22.7 Å². The Kier molecular flexibility index (Phi) is 5.99. The second-order valence-corrected chi connectivity index (χ2v) is 9.42. The summed E-state index contributed by atoms with van der Waals surface area (Å²) < 4.78 is 8.00. The fraction of sp³-hybridized carbons (Fsp3) is 0.130. The number of rotatable bonds is 5. The van der Waals surface area contributed by atoms with Gasteiger partial charge in [-0.05, 0) is 78.2 Å². The van der Waals surface area contributed by atoms with E-state index in [1.54, 1.807) is 35.9 Å². The first kappa shape index (κ1) is 20.7. The Bertz CT molecular complexity index is 1230. The van der Waals surface area contributed by atoms with Gasteiger partial charge in [0.25, 0.3) is 5.91 Å². The SMILES string of the molecule is COc1ccc2c(c1)c(CC(=O)Sc1cccs1)c(C)n2C(=O)c1ccc(Cl)cc1. The lowest BCUT2D eigenvalue weighted by Gasteiger charge is -2.08. The van der Waals surface area contributed by atoms with Gasteiger partial charge in [-0.3, -0.25) is 14.2 Å². The third-order valence-electron chi connectivity index (χ3n) is 4.87. The molecule has 0 aliphatic rings. The number of carbonyl (C=O) groups is 2. The van der Waals surface area contributed by atoms with E-state index in [9.17, 15) is 9.59 Å². The van der Waals surface area contributed by atoms with Gasteiger partial charge in [0.05, 0.1) is 16.8 Å². The van der Waals surface area contributed by atoms with Crippen LogP contribution in [0.1, 0.15) is 21.6 Å². The van der Waals surface area contributed by atoms with Crippen molar-refractivity contribution in [1.82, 2.24) is 4.57 Å². The number of benzene rings is 2. The van der Waals surface area contributed by atoms with Gasteiger partial charge in [-0.25, -0.2) is 0 Å². The predicted molar refractivity (Wildman–Crippen MR) is 123 cm³/mol. The van der Waals surface area contributed by atoms with Crippen LogP contribution in [0.2, 0.25) is 5.02 Å². The summed E-state index contributed by atoms with van der Waals surface area (Å²) in [6, 6.07) is 16.2. The molecule has 0 radical (unpaired) electrons. The number of ether oxygens (including phenoxy) is 1. The molecule has 7 heteroatoms. The Morgan fingerprint density at radius 2 is 1.90 bits per heavy atom. The van der Waals surface area contributed by atoms with Gasteiger partial charge in [-0.1, -0.05) is 17.7 Å². The minimum Gasteiger partial charge on any atom is -0.497 e. The maximum absolute atomic E-state index is 13.3. The Balaban J connectivity index is 1.79. The molecule has 2 heterocycles. The molecule has 0 atom stereocenters. The molecule has 4 aromatic rings. The van der Waals surface area contributed by atoms with Crippen molar-refractivity contribution in [3.05, 3.63) is 81.8 Å². The van der Waals surface area contributed by atoms with Crippen LogP contribution in [0.4, 0.5) is 0 Å². The Hall–Kier alpha value is -2.54. The molecule has 2 aromatic heterocycles. The molecule has 0 saturated carbocycles. The number of carbonyl (C=O) groups excluding carboxylic acids is 2. The lowest BCUT2D eigenvalue weighted by Crippen LogP contribution is -2.14. The zero-order valence-electron chi connectivity index (χ0n) is 16.3. The molecule has 0 bridgehead atoms. The van der Waals surface area contributed by atoms with Crippen LogP contribution in [0.3, 0.4) is 0 Å². The summed E-state index contributed by atoms with van der Waals surface area (Å²) in [6.45, 7) is 1.87. The predicted octanol–water partition coefficient (Wildman–Crippen LogP) is 6.22. The van der Waals surface area contributed by atoms with Gasteiger partial charge in [0.15, 0.2) is 5.12 Å². The first-order chi connectivity index (χ1) is 14.5. The monoisotopic (exact) mass is 455 g/mol. The average molecular weight is 456 g/mol. The maximum atomic E-state index is 13.3. The van der Waals surface area contributed by atoms with Gasteiger partial charge >= 0.3 is 0 Å². The first-order valence-electron chi connectivity index (χ1n) is 9.20. The van der Waals surface area contributed by atoms with E-state index in [0.29, 0.717) is 16.3 Å². The molecule has 0 amide bonds. The summed E-state index contributed by atoms with van der Waals surface area (Å²) in [7, 11) is 1.60. The quantitative estimate of drug-likeness (QED) is 0.335. The topological polar surface area (TPSA) is 48.3 Å². The summed E-state index contributed by atoms with van der Waals surface area (Å²) in [4.78, 5) is 26.0. The highest BCUT2D eigenvalue weighted by molar-refractivity contribution is 8.15. The van der Waals surface area contributed by atoms with Crippen molar-refractivity contribution in [1.29, 1.82) is 0 Å². The second kappa shape index (κ2) is 8.68. The summed E-state index contributed by atoms with van der Waals surface area (Å²) in [5, 5.41) is 3.39. The van der Waals surface area contributed by atoms with Gasteiger partial charge < -0.3 is 4.74 Å². The van der Waals surface area contributed by atoms with Crippen LogP contribution in [0.5, 0.6) is 5.75 Å². The Morgan fingerprint density at radius 3 is 2.57 bits per heavy atom. The van der Waals surface area contributed by atoms with Gasteiger partial charge in [0, 0.05) is 28.1 Å². The summed E-state index contributed by atoms with van der Waals surface area (Å²) in [5.41, 5.74) is 2.86. The molecule has 0 unspecified atom stereocenters. The van der Waals surface area contributed by atoms with Crippen LogP contribution < -0.4 is 4.74 Å². The van der Waals surface area contributed by atoms with E-state index >= 15 is 0 Å². The normalized spacial score (nSPS) is 11.0. The van der Waals surface area contributed by atoms with Crippen LogP contribution in [0.15, 0.2) is 64.2 Å². The summed E-state index contributed by atoms with van der Waals surface area (Å²) in [6.07, 6.45) is 0.221. The number of methoxy groups -OCH3 is 1. The van der Waals surface area contributed by atoms with E-state index in [-0.39, 0.29) is 17.4 Å². The number of hydrogen-bond acceptors (Lipinski definition) is 5. The maximum Gasteiger partial charge on any atom is 0.262 e. The Morgan fingerprint density at radius 1 is 1.13 bits per heavy atom. The van der Waals surface area contributed by atoms with Crippen molar-refractivity contribution in [2.45, 2.75) is 17.6 Å². The fourth-order valence-electron chi connectivity index (χ4n) is 3.41. The minimum atomic E-state index is -0.163. The molecule has 0 aliphatic carbocycles. The highest BCUT2D eigenvalue weighted by Gasteiger charge is 2.22. The number of hydrogen-bond donors (Lipinski definition) is 0. The highest BCUT2D eigenvalue weighted by Crippen LogP contribution is 2.33. The number of fused-ring (bicyclic) bond motifs is 1. The van der Waals surface area contributed by atoms with Gasteiger partial charge in [-0.15, -0.1) is 11.3 Å². The molecule has 2 aromatic carbocycles. The number of thiophene rings is 1. The number of thioether (sulfide) groups is 1. The lowest BCUT2D eigenvalue weighted by molar-refractivity contribution is -0.110. The third-order valence-corrected chi connectivity index (χ3v) is 7.03. The van der Waals surface area contributed by atoms with Gasteiger partial charge in [-0.2, -0.15) is 0 Å². The summed E-state index contributed by atoms with van der Waals surface area (Å²) in [5.74, 6) is 0.516. The van der Waals surface area contributed by atoms with E-state index < -0.39 is 0 Å². The zero-order chi connectivity index (χ0) is 21.3. The first-order valence-corrected chi connectivity index (χ1v) is 11.3. The number of halogens is 1. The van der Waals surface area contributed by atoms with Crippen molar-refractivity contribution in [3.8, 4) is 5.75 Å². The molecule has 4 rings (SSSR count). The molecular weight excluding hydrogens is 438 g/mol. The molecule has 0 spiro atoms. The molecule has 152 valence electrons. The van der Waals surface area contributed by atoms with Crippen LogP contribution >= 0.6 is 34.7 Å². The molecule has 0 fully saturated rings. The van der Waals surface area contributed by atoms with Crippen molar-refractivity contribution in [3.63, 3.8) is 0 Å². The average Bonchev–Trinajstić information content (AvgIpc) is 3.34. The molecule has 0 aliphatic heterocycles. The van der Waals surface area contributed by atoms with E-state index in [2.05, 4.69) is 0 Å². The van der Waals surface area contributed by atoms with E-state index in [4.69, 9.17) is 16.3 Å². The molecule has 0 saturated heterocycles. The standard InChI is InChI=1S/C23H18ClNO3S2/c1-14-18(13-21(26)30-22-4-3-11-29-22)19-12-17(28-2)9-10-20(19)25(14)23(27)15-5-7-16(24)8-6-15/h3-12H,13H2,1-2H3. The van der Waals surface area contributed by atoms with Crippen LogP contribution in [0.25, 0.3) is 10.9 Å². The van der Waals surface area contributed by atoms with Crippen molar-refractivity contribution in [2.75, 3.05) is 7.11 Å². The number of aromatic nitrogens is 1. The molecular formula is C23H18ClNO3S2. The zero-order valence-corrected chi connectivity index (χ0v) is 18.7. The summed E-state index contributed by atoms with van der Waals surface area (Å²) >= 11 is 8.73. The third kappa shape index (κ3) is 4.03. The van der Waals surface area contributed by atoms with Gasteiger partial charge in [0.1, 0.15) is 5.75 Å². The van der Waals surface area contributed by atoms with E-state index in [0.717, 1.165) is 26.4 Å². The van der Waals surface area contributed by atoms with Crippen LogP contribution in [0, 0.1) is 6.92 Å². The minimum absolute atomic E-state index is 0.0290. The molecule has 0 N–H and O–H groups in total. The van der Waals surface area contributed by atoms with Crippen molar-refractivity contribution >= 4 is 56.6 Å². The Labute approximate surface area is 187 Å². The fourth-order valence-corrected chi connectivity index (χ4v) is 5.21. The largest absolute Gasteiger partial charge is 0.497 e. The number of nitrogens with zero attached hydrogens (tertiary/aromatic N) is 1. The van der Waals surface area contributed by atoms with E-state index in [1.807, 2.05) is 42.6 Å². The second-order valence-electron chi connectivity index (χ2n) is 6.68. The highest BCUT2D eigenvalue weighted by atomic mass is 35.5. The van der Waals surface area contributed by atoms with E-state index in [1.165, 1.54) is 23.1 Å². The van der Waals surface area contributed by atoms with Crippen LogP contribution in [-0.2, 0) is 11.2 Å². The van der Waals surface area contributed by atoms with Crippen molar-refractivity contribution in [2.24, 2.45) is 0 Å².